The van der Waals surface area contributed by atoms with Gasteiger partial charge < -0.3 is 24.4 Å². The standard InChI is InChI=1S/C23H34F3N3O5/c1-15-11-29(9-8-23(24,25)26)16(2)13-34-19-10-17(27-21(30)14-32-4)6-7-18(19)22(31)28(3)12-20(15)33-5/h6-7,10,15-16,20H,8-9,11-14H2,1-5H3,(H,27,30)/t15-,16-,20+/m1/s1. The molecule has 0 radical (unpaired) electrons. The Bertz CT molecular complexity index is 837. The average molecular weight is 490 g/mol. The summed E-state index contributed by atoms with van der Waals surface area (Å²) in [6, 6.07) is 4.31. The van der Waals surface area contributed by atoms with Gasteiger partial charge in [-0.1, -0.05) is 6.92 Å². The highest BCUT2D eigenvalue weighted by Crippen LogP contribution is 2.27. The highest BCUT2D eigenvalue weighted by atomic mass is 19.4. The number of ether oxygens (including phenoxy) is 3. The molecular formula is C23H34F3N3O5. The second-order valence-electron chi connectivity index (χ2n) is 8.65. The van der Waals surface area contributed by atoms with Crippen molar-refractivity contribution in [3.05, 3.63) is 23.8 Å². The highest BCUT2D eigenvalue weighted by Gasteiger charge is 2.32. The molecule has 0 saturated heterocycles. The Morgan fingerprint density at radius 3 is 2.56 bits per heavy atom. The van der Waals surface area contributed by atoms with Crippen LogP contribution in [-0.2, 0) is 14.3 Å². The molecule has 0 saturated carbocycles. The summed E-state index contributed by atoms with van der Waals surface area (Å²) in [6.45, 7) is 4.03. The van der Waals surface area contributed by atoms with Gasteiger partial charge in [0.05, 0.1) is 18.1 Å². The number of fused-ring (bicyclic) bond motifs is 1. The van der Waals surface area contributed by atoms with Gasteiger partial charge in [-0.15, -0.1) is 0 Å². The van der Waals surface area contributed by atoms with E-state index >= 15 is 0 Å². The molecule has 1 aliphatic heterocycles. The monoisotopic (exact) mass is 489 g/mol. The summed E-state index contributed by atoms with van der Waals surface area (Å²) in [5.74, 6) is -0.561. The Labute approximate surface area is 198 Å². The second-order valence-corrected chi connectivity index (χ2v) is 8.65. The van der Waals surface area contributed by atoms with Gasteiger partial charge in [0.1, 0.15) is 19.0 Å². The summed E-state index contributed by atoms with van der Waals surface area (Å²) in [5, 5.41) is 2.66. The number of anilines is 1. The van der Waals surface area contributed by atoms with Crippen molar-refractivity contribution in [2.24, 2.45) is 5.92 Å². The minimum absolute atomic E-state index is 0.0572. The Kier molecular flexibility index (Phi) is 10.1. The van der Waals surface area contributed by atoms with Crippen LogP contribution in [0.3, 0.4) is 0 Å². The zero-order chi connectivity index (χ0) is 25.5. The summed E-state index contributed by atoms with van der Waals surface area (Å²) in [6.07, 6.45) is -5.58. The number of methoxy groups -OCH3 is 2. The highest BCUT2D eigenvalue weighted by molar-refractivity contribution is 5.98. The van der Waals surface area contributed by atoms with Crippen molar-refractivity contribution in [2.45, 2.75) is 38.6 Å². The molecule has 1 aliphatic rings. The topological polar surface area (TPSA) is 80.3 Å². The number of hydrogen-bond acceptors (Lipinski definition) is 6. The molecular weight excluding hydrogens is 455 g/mol. The van der Waals surface area contributed by atoms with Gasteiger partial charge in [0.2, 0.25) is 5.91 Å². The number of halogens is 3. The molecule has 1 N–H and O–H groups in total. The number of alkyl halides is 3. The molecule has 2 amide bonds. The lowest BCUT2D eigenvalue weighted by Crippen LogP contribution is -2.47. The van der Waals surface area contributed by atoms with Crippen molar-refractivity contribution >= 4 is 17.5 Å². The lowest BCUT2D eigenvalue weighted by molar-refractivity contribution is -0.140. The van der Waals surface area contributed by atoms with Crippen molar-refractivity contribution in [3.63, 3.8) is 0 Å². The number of nitrogens with zero attached hydrogens (tertiary/aromatic N) is 2. The molecule has 1 aromatic carbocycles. The van der Waals surface area contributed by atoms with E-state index in [1.54, 1.807) is 31.0 Å². The van der Waals surface area contributed by atoms with Crippen LogP contribution in [0.5, 0.6) is 5.75 Å². The summed E-state index contributed by atoms with van der Waals surface area (Å²) >= 11 is 0. The first-order valence-electron chi connectivity index (χ1n) is 11.1. The molecule has 0 unspecified atom stereocenters. The molecule has 3 atom stereocenters. The summed E-state index contributed by atoms with van der Waals surface area (Å²) in [4.78, 5) is 28.3. The Morgan fingerprint density at radius 2 is 1.94 bits per heavy atom. The number of hydrogen-bond donors (Lipinski definition) is 1. The van der Waals surface area contributed by atoms with Gasteiger partial charge in [-0.3, -0.25) is 14.5 Å². The van der Waals surface area contributed by atoms with Crippen LogP contribution in [0, 0.1) is 5.92 Å². The fraction of sp³-hybridized carbons (Fsp3) is 0.652. The molecule has 0 spiro atoms. The third-order valence-electron chi connectivity index (χ3n) is 5.82. The van der Waals surface area contributed by atoms with Crippen LogP contribution in [0.1, 0.15) is 30.6 Å². The van der Waals surface area contributed by atoms with Crippen LogP contribution in [0.2, 0.25) is 0 Å². The Morgan fingerprint density at radius 1 is 1.24 bits per heavy atom. The van der Waals surface area contributed by atoms with E-state index in [2.05, 4.69) is 5.32 Å². The van der Waals surface area contributed by atoms with E-state index in [0.29, 0.717) is 12.2 Å². The number of amides is 2. The van der Waals surface area contributed by atoms with Crippen molar-refractivity contribution in [2.75, 3.05) is 59.4 Å². The first-order valence-corrected chi connectivity index (χ1v) is 11.1. The largest absolute Gasteiger partial charge is 0.491 e. The predicted molar refractivity (Wildman–Crippen MR) is 121 cm³/mol. The number of benzene rings is 1. The van der Waals surface area contributed by atoms with Gasteiger partial charge in [-0.05, 0) is 25.0 Å². The smallest absolute Gasteiger partial charge is 0.390 e. The van der Waals surface area contributed by atoms with Gasteiger partial charge in [-0.25, -0.2) is 0 Å². The van der Waals surface area contributed by atoms with Crippen molar-refractivity contribution in [1.29, 1.82) is 0 Å². The summed E-state index contributed by atoms with van der Waals surface area (Å²) in [5.41, 5.74) is 0.692. The Hall–Kier alpha value is -2.37. The van der Waals surface area contributed by atoms with Crippen LogP contribution >= 0.6 is 0 Å². The van der Waals surface area contributed by atoms with E-state index in [4.69, 9.17) is 14.2 Å². The minimum atomic E-state index is -4.28. The SMILES string of the molecule is COCC(=O)Nc1ccc2c(c1)OC[C@@H](C)N(CCC(F)(F)F)C[C@@H](C)[C@@H](OC)CN(C)C2=O. The van der Waals surface area contributed by atoms with E-state index in [-0.39, 0.29) is 67.5 Å². The predicted octanol–water partition coefficient (Wildman–Crippen LogP) is 3.03. The first-order chi connectivity index (χ1) is 15.9. The van der Waals surface area contributed by atoms with Gasteiger partial charge in [0.25, 0.3) is 5.91 Å². The zero-order valence-electron chi connectivity index (χ0n) is 20.3. The lowest BCUT2D eigenvalue weighted by atomic mass is 10.0. The quantitative estimate of drug-likeness (QED) is 0.662. The normalized spacial score (nSPS) is 22.9. The van der Waals surface area contributed by atoms with Gasteiger partial charge in [0.15, 0.2) is 0 Å². The minimum Gasteiger partial charge on any atom is -0.491 e. The van der Waals surface area contributed by atoms with Crippen molar-refractivity contribution in [1.82, 2.24) is 9.80 Å². The molecule has 0 bridgehead atoms. The van der Waals surface area contributed by atoms with E-state index in [9.17, 15) is 22.8 Å². The number of carbonyl (C=O) groups excluding carboxylic acids is 2. The average Bonchev–Trinajstić information content (AvgIpc) is 2.76. The third-order valence-corrected chi connectivity index (χ3v) is 5.82. The lowest BCUT2D eigenvalue weighted by Gasteiger charge is -2.36. The molecule has 0 aliphatic carbocycles. The Balaban J connectivity index is 2.37. The maximum Gasteiger partial charge on any atom is 0.390 e. The molecule has 1 aromatic rings. The third kappa shape index (κ3) is 8.14. The van der Waals surface area contributed by atoms with E-state index in [1.165, 1.54) is 25.2 Å². The molecule has 8 nitrogen and oxygen atoms in total. The van der Waals surface area contributed by atoms with Gasteiger partial charge >= 0.3 is 6.18 Å². The number of likely N-dealkylation sites (N-methyl/N-ethyl adjacent to an activating group) is 1. The molecule has 0 aromatic heterocycles. The van der Waals surface area contributed by atoms with Crippen molar-refractivity contribution in [3.8, 4) is 5.75 Å². The fourth-order valence-corrected chi connectivity index (χ4v) is 3.83. The first kappa shape index (κ1) is 27.9. The molecule has 11 heteroatoms. The van der Waals surface area contributed by atoms with Crippen molar-refractivity contribution < 1.29 is 37.0 Å². The van der Waals surface area contributed by atoms with E-state index in [0.717, 1.165) is 0 Å². The van der Waals surface area contributed by atoms with Crippen LogP contribution in [0.15, 0.2) is 18.2 Å². The maximum atomic E-state index is 13.2. The van der Waals surface area contributed by atoms with Crippen LogP contribution in [0.4, 0.5) is 18.9 Å². The van der Waals surface area contributed by atoms with E-state index in [1.807, 2.05) is 6.92 Å². The molecule has 2 rings (SSSR count). The molecule has 0 fully saturated rings. The zero-order valence-corrected chi connectivity index (χ0v) is 20.3. The van der Waals surface area contributed by atoms with Crippen LogP contribution in [-0.4, -0.2) is 94.1 Å². The van der Waals surface area contributed by atoms with Gasteiger partial charge in [0, 0.05) is 58.7 Å². The van der Waals surface area contributed by atoms with Gasteiger partial charge in [-0.2, -0.15) is 13.2 Å². The number of nitrogens with one attached hydrogen (secondary N) is 1. The van der Waals surface area contributed by atoms with Crippen LogP contribution in [0.25, 0.3) is 0 Å². The number of rotatable bonds is 6. The fourth-order valence-electron chi connectivity index (χ4n) is 3.83. The second kappa shape index (κ2) is 12.4. The summed E-state index contributed by atoms with van der Waals surface area (Å²) < 4.78 is 55.2. The molecule has 34 heavy (non-hydrogen) atoms. The molecule has 192 valence electrons. The number of carbonyl (C=O) groups is 2. The maximum absolute atomic E-state index is 13.2. The van der Waals surface area contributed by atoms with E-state index < -0.39 is 12.6 Å². The summed E-state index contributed by atoms with van der Waals surface area (Å²) in [7, 11) is 4.56. The molecule has 1 heterocycles. The van der Waals surface area contributed by atoms with Crippen LogP contribution < -0.4 is 10.1 Å².